The van der Waals surface area contributed by atoms with E-state index in [4.69, 9.17) is 9.47 Å². The molecule has 3 aromatic rings. The van der Waals surface area contributed by atoms with Crippen LogP contribution in [0.3, 0.4) is 0 Å². The van der Waals surface area contributed by atoms with Crippen LogP contribution in [-0.2, 0) is 11.3 Å². The molecule has 0 aliphatic carbocycles. The topological polar surface area (TPSA) is 52.8 Å². The van der Waals surface area contributed by atoms with Gasteiger partial charge in [-0.2, -0.15) is 4.99 Å². The summed E-state index contributed by atoms with van der Waals surface area (Å²) < 4.78 is 13.8. The maximum Gasteiger partial charge on any atom is 0.279 e. The second-order valence-corrected chi connectivity index (χ2v) is 6.83. The molecule has 0 N–H and O–H groups in total. The normalized spacial score (nSPS) is 11.9. The molecule has 0 aliphatic rings. The highest BCUT2D eigenvalue weighted by atomic mass is 32.1. The summed E-state index contributed by atoms with van der Waals surface area (Å²) in [6.45, 7) is 5.80. The van der Waals surface area contributed by atoms with Crippen molar-refractivity contribution < 1.29 is 14.3 Å². The molecule has 0 fully saturated rings. The lowest BCUT2D eigenvalue weighted by atomic mass is 10.2. The average molecular weight is 370 g/mol. The molecule has 5 nitrogen and oxygen atoms in total. The van der Waals surface area contributed by atoms with Gasteiger partial charge in [0.1, 0.15) is 5.75 Å². The van der Waals surface area contributed by atoms with E-state index in [1.165, 1.54) is 11.3 Å². The zero-order chi connectivity index (χ0) is 18.5. The fourth-order valence-corrected chi connectivity index (χ4v) is 3.93. The van der Waals surface area contributed by atoms with E-state index in [-0.39, 0.29) is 5.91 Å². The highest BCUT2D eigenvalue weighted by Crippen LogP contribution is 2.21. The minimum atomic E-state index is -0.261. The number of carbonyl (C=O) groups is 1. The van der Waals surface area contributed by atoms with Crippen molar-refractivity contribution in [3.63, 3.8) is 0 Å². The molecule has 0 bridgehead atoms. The number of carbonyl (C=O) groups excluding carboxylic acids is 1. The summed E-state index contributed by atoms with van der Waals surface area (Å²) in [7, 11) is 1.67. The second kappa shape index (κ2) is 8.29. The van der Waals surface area contributed by atoms with Gasteiger partial charge in [-0.1, -0.05) is 23.5 Å². The first-order valence-electron chi connectivity index (χ1n) is 8.54. The fraction of sp³-hybridized carbons (Fsp3) is 0.300. The molecule has 26 heavy (non-hydrogen) atoms. The number of para-hydroxylation sites is 1. The smallest absolute Gasteiger partial charge is 0.279 e. The Labute approximate surface area is 156 Å². The van der Waals surface area contributed by atoms with Crippen molar-refractivity contribution >= 4 is 27.5 Å². The van der Waals surface area contributed by atoms with Crippen LogP contribution >= 0.6 is 11.3 Å². The van der Waals surface area contributed by atoms with Crippen LogP contribution in [0.5, 0.6) is 5.75 Å². The quantitative estimate of drug-likeness (QED) is 0.663. The van der Waals surface area contributed by atoms with Crippen molar-refractivity contribution in [2.45, 2.75) is 20.4 Å². The van der Waals surface area contributed by atoms with Gasteiger partial charge in [0, 0.05) is 19.2 Å². The van der Waals surface area contributed by atoms with E-state index in [0.29, 0.717) is 30.1 Å². The molecular weight excluding hydrogens is 348 g/mol. The Balaban J connectivity index is 2.02. The van der Waals surface area contributed by atoms with E-state index in [2.05, 4.69) is 28.6 Å². The first-order chi connectivity index (χ1) is 12.6. The van der Waals surface area contributed by atoms with E-state index in [9.17, 15) is 4.79 Å². The van der Waals surface area contributed by atoms with Crippen molar-refractivity contribution in [3.8, 4) is 5.75 Å². The van der Waals surface area contributed by atoms with Gasteiger partial charge in [-0.3, -0.25) is 4.79 Å². The summed E-state index contributed by atoms with van der Waals surface area (Å²) >= 11 is 1.52. The molecule has 0 atom stereocenters. The summed E-state index contributed by atoms with van der Waals surface area (Å²) in [6, 6.07) is 13.2. The van der Waals surface area contributed by atoms with E-state index in [0.717, 1.165) is 21.5 Å². The fourth-order valence-electron chi connectivity index (χ4n) is 2.79. The number of aryl methyl sites for hydroxylation is 1. The number of thiazole rings is 1. The SMILES string of the molecule is CCOc1ccc(C(=O)N=c2sc3cccc(C)c3n2CCOC)cc1. The molecular formula is C20H22N2O3S. The van der Waals surface area contributed by atoms with Gasteiger partial charge < -0.3 is 14.0 Å². The number of amides is 1. The predicted octanol–water partition coefficient (Wildman–Crippen LogP) is 3.80. The van der Waals surface area contributed by atoms with Crippen LogP contribution in [0.4, 0.5) is 0 Å². The van der Waals surface area contributed by atoms with Crippen LogP contribution in [-0.4, -0.2) is 30.8 Å². The van der Waals surface area contributed by atoms with E-state index >= 15 is 0 Å². The van der Waals surface area contributed by atoms with Gasteiger partial charge in [0.2, 0.25) is 0 Å². The molecule has 1 heterocycles. The van der Waals surface area contributed by atoms with Crippen molar-refractivity contribution in [2.24, 2.45) is 4.99 Å². The molecule has 3 rings (SSSR count). The summed E-state index contributed by atoms with van der Waals surface area (Å²) in [5, 5.41) is 0. The van der Waals surface area contributed by atoms with Crippen molar-refractivity contribution in [3.05, 3.63) is 58.4 Å². The maximum atomic E-state index is 12.6. The highest BCUT2D eigenvalue weighted by Gasteiger charge is 2.11. The Kier molecular flexibility index (Phi) is 5.85. The molecule has 0 spiro atoms. The lowest BCUT2D eigenvalue weighted by Gasteiger charge is -2.06. The van der Waals surface area contributed by atoms with Gasteiger partial charge in [-0.25, -0.2) is 0 Å². The number of hydrogen-bond donors (Lipinski definition) is 0. The number of methoxy groups -OCH3 is 1. The van der Waals surface area contributed by atoms with Crippen LogP contribution in [0, 0.1) is 6.92 Å². The summed E-state index contributed by atoms with van der Waals surface area (Å²) in [6.07, 6.45) is 0. The third-order valence-corrected chi connectivity index (χ3v) is 5.07. The van der Waals surface area contributed by atoms with E-state index < -0.39 is 0 Å². The largest absolute Gasteiger partial charge is 0.494 e. The Hall–Kier alpha value is -2.44. The van der Waals surface area contributed by atoms with E-state index in [1.54, 1.807) is 31.4 Å². The number of ether oxygens (including phenoxy) is 2. The first kappa shape index (κ1) is 18.4. The van der Waals surface area contributed by atoms with Gasteiger partial charge in [0.25, 0.3) is 5.91 Å². The third-order valence-electron chi connectivity index (χ3n) is 4.03. The summed E-state index contributed by atoms with van der Waals surface area (Å²) in [5.74, 6) is 0.486. The average Bonchev–Trinajstić information content (AvgIpc) is 2.99. The number of fused-ring (bicyclic) bond motifs is 1. The molecule has 1 aromatic heterocycles. The highest BCUT2D eigenvalue weighted by molar-refractivity contribution is 7.16. The molecule has 2 aromatic carbocycles. The van der Waals surface area contributed by atoms with Gasteiger partial charge >= 0.3 is 0 Å². The standard InChI is InChI=1S/C20H22N2O3S/c1-4-25-16-10-8-15(9-11-16)19(23)21-20-22(12-13-24-3)18-14(2)6-5-7-17(18)26-20/h5-11H,4,12-13H2,1-3H3. The Bertz CT molecular complexity index is 971. The first-order valence-corrected chi connectivity index (χ1v) is 9.35. The Morgan fingerprint density at radius 3 is 2.65 bits per heavy atom. The zero-order valence-electron chi connectivity index (χ0n) is 15.2. The van der Waals surface area contributed by atoms with Crippen LogP contribution in [0.2, 0.25) is 0 Å². The lowest BCUT2D eigenvalue weighted by molar-refractivity contribution is 0.0997. The molecule has 0 radical (unpaired) electrons. The number of rotatable bonds is 6. The van der Waals surface area contributed by atoms with Crippen molar-refractivity contribution in [1.29, 1.82) is 0 Å². The van der Waals surface area contributed by atoms with Gasteiger partial charge in [0.05, 0.1) is 23.4 Å². The van der Waals surface area contributed by atoms with Crippen LogP contribution in [0.25, 0.3) is 10.2 Å². The minimum absolute atomic E-state index is 0.261. The lowest BCUT2D eigenvalue weighted by Crippen LogP contribution is -2.19. The van der Waals surface area contributed by atoms with Crippen molar-refractivity contribution in [1.82, 2.24) is 4.57 Å². The predicted molar refractivity (Wildman–Crippen MR) is 104 cm³/mol. The van der Waals surface area contributed by atoms with Gasteiger partial charge in [0.15, 0.2) is 4.80 Å². The monoisotopic (exact) mass is 370 g/mol. The number of benzene rings is 2. The van der Waals surface area contributed by atoms with Crippen LogP contribution in [0.15, 0.2) is 47.5 Å². The summed E-state index contributed by atoms with van der Waals surface area (Å²) in [4.78, 5) is 17.7. The third kappa shape index (κ3) is 3.86. The second-order valence-electron chi connectivity index (χ2n) is 5.83. The van der Waals surface area contributed by atoms with Crippen LogP contribution in [0.1, 0.15) is 22.8 Å². The van der Waals surface area contributed by atoms with Gasteiger partial charge in [-0.05, 0) is 49.7 Å². The van der Waals surface area contributed by atoms with E-state index in [1.807, 2.05) is 13.0 Å². The molecule has 0 unspecified atom stereocenters. The molecule has 0 aliphatic heterocycles. The maximum absolute atomic E-state index is 12.6. The Morgan fingerprint density at radius 2 is 1.96 bits per heavy atom. The molecule has 6 heteroatoms. The van der Waals surface area contributed by atoms with Gasteiger partial charge in [-0.15, -0.1) is 0 Å². The zero-order valence-corrected chi connectivity index (χ0v) is 16.0. The number of aromatic nitrogens is 1. The Morgan fingerprint density at radius 1 is 1.19 bits per heavy atom. The number of hydrogen-bond acceptors (Lipinski definition) is 4. The minimum Gasteiger partial charge on any atom is -0.494 e. The molecule has 136 valence electrons. The summed E-state index contributed by atoms with van der Waals surface area (Å²) in [5.41, 5.74) is 2.80. The molecule has 1 amide bonds. The van der Waals surface area contributed by atoms with Crippen LogP contribution < -0.4 is 9.54 Å². The number of nitrogens with zero attached hydrogens (tertiary/aromatic N) is 2. The molecule has 0 saturated heterocycles. The van der Waals surface area contributed by atoms with Crippen molar-refractivity contribution in [2.75, 3.05) is 20.3 Å². The molecule has 0 saturated carbocycles.